The van der Waals surface area contributed by atoms with Gasteiger partial charge in [0.05, 0.1) is 39.6 Å². The van der Waals surface area contributed by atoms with Crippen LogP contribution in [0.4, 0.5) is 5.95 Å². The van der Waals surface area contributed by atoms with Gasteiger partial charge in [-0.1, -0.05) is 32.9 Å². The molecule has 1 fully saturated rings. The number of carbonyl (C=O) groups is 2. The van der Waals surface area contributed by atoms with E-state index >= 15 is 0 Å². The van der Waals surface area contributed by atoms with Crippen LogP contribution in [0.2, 0.25) is 0 Å². The first kappa shape index (κ1) is 32.1. The average molecular weight is 630 g/mol. The number of benzene rings is 1. The van der Waals surface area contributed by atoms with Crippen LogP contribution in [0.3, 0.4) is 0 Å². The highest BCUT2D eigenvalue weighted by atomic mass is 32.1. The lowest BCUT2D eigenvalue weighted by atomic mass is 9.93. The molecule has 2 N–H and O–H groups in total. The van der Waals surface area contributed by atoms with Crippen LogP contribution in [0.25, 0.3) is 21.7 Å². The predicted octanol–water partition coefficient (Wildman–Crippen LogP) is 5.62. The molecule has 1 aliphatic rings. The Morgan fingerprint density at radius 1 is 1.29 bits per heavy atom. The molecule has 2 atom stereocenters. The van der Waals surface area contributed by atoms with E-state index in [1.54, 1.807) is 30.3 Å². The van der Waals surface area contributed by atoms with E-state index in [2.05, 4.69) is 28.6 Å². The summed E-state index contributed by atoms with van der Waals surface area (Å²) in [5, 5.41) is 16.3. The fourth-order valence-corrected chi connectivity index (χ4v) is 6.35. The number of imidazole rings is 1. The summed E-state index contributed by atoms with van der Waals surface area (Å²) in [6.07, 6.45) is 6.30. The van der Waals surface area contributed by atoms with E-state index in [1.165, 1.54) is 17.7 Å². The maximum absolute atomic E-state index is 13.5. The van der Waals surface area contributed by atoms with Crippen LogP contribution >= 0.6 is 11.3 Å². The Balaban J connectivity index is 1.45. The minimum Gasteiger partial charge on any atom is -0.443 e. The van der Waals surface area contributed by atoms with E-state index in [0.29, 0.717) is 42.8 Å². The fraction of sp³-hybridized carbons (Fsp3) is 0.424. The molecule has 12 heteroatoms. The van der Waals surface area contributed by atoms with E-state index in [-0.39, 0.29) is 34.9 Å². The van der Waals surface area contributed by atoms with E-state index in [9.17, 15) is 14.9 Å². The smallest absolute Gasteiger partial charge is 0.268 e. The summed E-state index contributed by atoms with van der Waals surface area (Å²) in [6, 6.07) is 11.8. The average Bonchev–Trinajstić information content (AvgIpc) is 3.81. The van der Waals surface area contributed by atoms with E-state index in [4.69, 9.17) is 14.1 Å². The van der Waals surface area contributed by atoms with Gasteiger partial charge in [0, 0.05) is 32.8 Å². The number of methoxy groups -OCH3 is 1. The summed E-state index contributed by atoms with van der Waals surface area (Å²) in [5.41, 5.74) is 2.47. The van der Waals surface area contributed by atoms with Gasteiger partial charge in [0.1, 0.15) is 11.6 Å². The molecular weight excluding hydrogens is 590 g/mol. The van der Waals surface area contributed by atoms with Gasteiger partial charge in [-0.05, 0) is 55.0 Å². The van der Waals surface area contributed by atoms with Crippen molar-refractivity contribution in [3.8, 4) is 16.7 Å². The standard InChI is InChI=1S/C33H39N7O4S/c1-21(19-43-5)36-16-22-8-9-26-25(13-22)37-32(38-30(41)29-11-10-28(45-29)27-17-35-20-44-27)40(26)18-24-7-6-12-39(24)31(42)23(15-34)14-33(2,3)4/h8-11,13-14,17,20-21,24,36H,6-7,12,16,18-19H2,1-5H3,(H,37,38,41)/t21-,24+/m0/s1. The maximum atomic E-state index is 13.5. The largest absolute Gasteiger partial charge is 0.443 e. The van der Waals surface area contributed by atoms with Crippen molar-refractivity contribution in [2.24, 2.45) is 5.41 Å². The molecule has 5 rings (SSSR count). The summed E-state index contributed by atoms with van der Waals surface area (Å²) < 4.78 is 12.6. The highest BCUT2D eigenvalue weighted by Gasteiger charge is 2.32. The second kappa shape index (κ2) is 13.8. The lowest BCUT2D eigenvalue weighted by molar-refractivity contribution is -0.127. The number of likely N-dealkylation sites (tertiary alicyclic amines) is 1. The molecule has 0 bridgehead atoms. The predicted molar refractivity (Wildman–Crippen MR) is 174 cm³/mol. The number of hydrogen-bond donors (Lipinski definition) is 2. The van der Waals surface area contributed by atoms with Crippen LogP contribution < -0.4 is 10.6 Å². The lowest BCUT2D eigenvalue weighted by Crippen LogP contribution is -2.39. The number of aromatic nitrogens is 3. The van der Waals surface area contributed by atoms with Gasteiger partial charge in [0.25, 0.3) is 11.8 Å². The molecule has 1 aromatic carbocycles. The third-order valence-electron chi connectivity index (χ3n) is 7.57. The molecular formula is C33H39N7O4S. The number of allylic oxidation sites excluding steroid dienone is 1. The number of amides is 2. The van der Waals surface area contributed by atoms with Crippen LogP contribution in [0.5, 0.6) is 0 Å². The third-order valence-corrected chi connectivity index (χ3v) is 8.67. The summed E-state index contributed by atoms with van der Waals surface area (Å²) in [6.45, 7) is 10.2. The van der Waals surface area contributed by atoms with Gasteiger partial charge in [-0.3, -0.25) is 14.9 Å². The molecule has 0 saturated carbocycles. The number of nitrogens with one attached hydrogen (secondary N) is 2. The van der Waals surface area contributed by atoms with Crippen molar-refractivity contribution >= 4 is 40.1 Å². The van der Waals surface area contributed by atoms with Gasteiger partial charge < -0.3 is 23.9 Å². The quantitative estimate of drug-likeness (QED) is 0.161. The summed E-state index contributed by atoms with van der Waals surface area (Å²) in [4.78, 5) is 38.9. The first-order valence-electron chi connectivity index (χ1n) is 15.0. The molecule has 11 nitrogen and oxygen atoms in total. The number of carbonyl (C=O) groups excluding carboxylic acids is 2. The Hall–Kier alpha value is -4.31. The number of nitrogens with zero attached hydrogens (tertiary/aromatic N) is 5. The zero-order chi connectivity index (χ0) is 32.1. The van der Waals surface area contributed by atoms with Gasteiger partial charge in [-0.25, -0.2) is 9.97 Å². The van der Waals surface area contributed by atoms with Gasteiger partial charge >= 0.3 is 0 Å². The van der Waals surface area contributed by atoms with Crippen LogP contribution in [0, 0.1) is 16.7 Å². The lowest BCUT2D eigenvalue weighted by Gasteiger charge is -2.26. The van der Waals surface area contributed by atoms with Crippen LogP contribution in [-0.2, 0) is 22.6 Å². The number of hydrogen-bond acceptors (Lipinski definition) is 9. The Labute approximate surface area is 266 Å². The first-order chi connectivity index (χ1) is 21.6. The van der Waals surface area contributed by atoms with Gasteiger partial charge in [-0.15, -0.1) is 11.3 Å². The van der Waals surface area contributed by atoms with Crippen molar-refractivity contribution in [2.75, 3.05) is 25.6 Å². The number of fused-ring (bicyclic) bond motifs is 1. The minimum atomic E-state index is -0.309. The van der Waals surface area contributed by atoms with Crippen LogP contribution in [-0.4, -0.2) is 63.6 Å². The second-order valence-electron chi connectivity index (χ2n) is 12.4. The molecule has 2 amide bonds. The maximum Gasteiger partial charge on any atom is 0.268 e. The Bertz CT molecular complexity index is 1730. The van der Waals surface area contributed by atoms with E-state index in [1.807, 2.05) is 49.6 Å². The van der Waals surface area contributed by atoms with E-state index in [0.717, 1.165) is 34.3 Å². The zero-order valence-electron chi connectivity index (χ0n) is 26.3. The van der Waals surface area contributed by atoms with Crippen molar-refractivity contribution < 1.29 is 18.7 Å². The fourth-order valence-electron chi connectivity index (χ4n) is 5.49. The first-order valence-corrected chi connectivity index (χ1v) is 15.8. The summed E-state index contributed by atoms with van der Waals surface area (Å²) >= 11 is 1.30. The molecule has 0 radical (unpaired) electrons. The number of thiophene rings is 1. The Kier molecular flexibility index (Phi) is 9.82. The van der Waals surface area contributed by atoms with Gasteiger partial charge in [0.2, 0.25) is 5.95 Å². The van der Waals surface area contributed by atoms with Gasteiger partial charge in [-0.2, -0.15) is 5.26 Å². The molecule has 236 valence electrons. The summed E-state index contributed by atoms with van der Waals surface area (Å²) in [5.74, 6) is 0.432. The molecule has 45 heavy (non-hydrogen) atoms. The molecule has 1 saturated heterocycles. The highest BCUT2D eigenvalue weighted by Crippen LogP contribution is 2.30. The zero-order valence-corrected chi connectivity index (χ0v) is 27.1. The SMILES string of the molecule is COC[C@H](C)NCc1ccc2c(c1)nc(NC(=O)c1ccc(-c3cnco3)s1)n2C[C@H]1CCCN1C(=O)C(C#N)=CC(C)(C)C. The minimum absolute atomic E-state index is 0.151. The number of ether oxygens (including phenoxy) is 1. The van der Waals surface area contributed by atoms with Crippen molar-refractivity contribution in [3.05, 3.63) is 65.0 Å². The summed E-state index contributed by atoms with van der Waals surface area (Å²) in [7, 11) is 1.68. The Morgan fingerprint density at radius 3 is 2.82 bits per heavy atom. The van der Waals surface area contributed by atoms with Crippen LogP contribution in [0.15, 0.2) is 59.0 Å². The second-order valence-corrected chi connectivity index (χ2v) is 13.5. The Morgan fingerprint density at radius 2 is 2.11 bits per heavy atom. The van der Waals surface area contributed by atoms with Crippen LogP contribution in [0.1, 0.15) is 55.8 Å². The van der Waals surface area contributed by atoms with Gasteiger partial charge in [0.15, 0.2) is 12.2 Å². The van der Waals surface area contributed by atoms with Crippen molar-refractivity contribution in [1.29, 1.82) is 5.26 Å². The van der Waals surface area contributed by atoms with Crippen molar-refractivity contribution in [3.63, 3.8) is 0 Å². The third kappa shape index (κ3) is 7.68. The van der Waals surface area contributed by atoms with E-state index < -0.39 is 0 Å². The monoisotopic (exact) mass is 629 g/mol. The molecule has 4 heterocycles. The van der Waals surface area contributed by atoms with Crippen molar-refractivity contribution in [2.45, 2.75) is 65.7 Å². The normalized spacial score (nSPS) is 16.2. The molecule has 1 aliphatic heterocycles. The molecule has 0 aliphatic carbocycles. The number of oxazole rings is 1. The number of rotatable bonds is 11. The molecule has 4 aromatic rings. The highest BCUT2D eigenvalue weighted by molar-refractivity contribution is 7.17. The molecule has 0 spiro atoms. The molecule has 3 aromatic heterocycles. The number of nitriles is 1. The number of anilines is 1. The topological polar surface area (TPSA) is 138 Å². The molecule has 0 unspecified atom stereocenters. The van der Waals surface area contributed by atoms with Crippen molar-refractivity contribution in [1.82, 2.24) is 24.8 Å².